The quantitative estimate of drug-likeness (QED) is 0.721. The van der Waals surface area contributed by atoms with Gasteiger partial charge in [-0.05, 0) is 59.8 Å². The molecule has 1 aliphatic rings. The summed E-state index contributed by atoms with van der Waals surface area (Å²) in [6, 6.07) is 3.93. The molecule has 0 aliphatic heterocycles. The smallest absolute Gasteiger partial charge is 0.381 e. The fourth-order valence-corrected chi connectivity index (χ4v) is 3.17. The number of hydrogen-bond donors (Lipinski definition) is 1. The van der Waals surface area contributed by atoms with Crippen LogP contribution in [0.5, 0.6) is 0 Å². The summed E-state index contributed by atoms with van der Waals surface area (Å²) in [6.07, 6.45) is 1.73. The van der Waals surface area contributed by atoms with Crippen LogP contribution in [0.3, 0.4) is 0 Å². The Hall–Kier alpha value is -0.710. The van der Waals surface area contributed by atoms with Gasteiger partial charge in [-0.1, -0.05) is 19.3 Å². The van der Waals surface area contributed by atoms with Crippen LogP contribution in [0.4, 0.5) is 18.9 Å². The average Bonchev–Trinajstić information content (AvgIpc) is 2.41. The summed E-state index contributed by atoms with van der Waals surface area (Å²) < 4.78 is 38.9. The van der Waals surface area contributed by atoms with Gasteiger partial charge in [0.25, 0.3) is 0 Å². The van der Waals surface area contributed by atoms with E-state index in [1.807, 2.05) is 0 Å². The Morgan fingerprint density at radius 2 is 1.85 bits per heavy atom. The van der Waals surface area contributed by atoms with E-state index in [0.29, 0.717) is 16.1 Å². The van der Waals surface area contributed by atoms with Crippen LogP contribution in [-0.4, -0.2) is 6.04 Å². The SMILES string of the molecule is CC(Nc1cc(C(F)(F)F)ccc1Br)C1CCCCC1. The monoisotopic (exact) mass is 349 g/mol. The standard InChI is InChI=1S/C15H19BrF3N/c1-10(11-5-3-2-4-6-11)20-14-9-12(15(17,18)19)7-8-13(14)16/h7-11,20H,2-6H2,1H3. The van der Waals surface area contributed by atoms with Gasteiger partial charge in [0.05, 0.1) is 5.56 Å². The van der Waals surface area contributed by atoms with E-state index < -0.39 is 11.7 Å². The number of hydrogen-bond acceptors (Lipinski definition) is 1. The highest BCUT2D eigenvalue weighted by molar-refractivity contribution is 9.10. The fourth-order valence-electron chi connectivity index (χ4n) is 2.81. The minimum atomic E-state index is -4.30. The molecular weight excluding hydrogens is 331 g/mol. The largest absolute Gasteiger partial charge is 0.416 e. The Balaban J connectivity index is 2.11. The second-order valence-electron chi connectivity index (χ2n) is 5.52. The number of benzene rings is 1. The first kappa shape index (κ1) is 15.7. The second-order valence-corrected chi connectivity index (χ2v) is 6.38. The molecule has 1 aromatic carbocycles. The van der Waals surface area contributed by atoms with Gasteiger partial charge in [-0.3, -0.25) is 0 Å². The molecule has 1 nitrogen and oxygen atoms in total. The highest BCUT2D eigenvalue weighted by Gasteiger charge is 2.31. The van der Waals surface area contributed by atoms with Crippen molar-refractivity contribution in [3.8, 4) is 0 Å². The molecule has 0 spiro atoms. The van der Waals surface area contributed by atoms with Crippen LogP contribution in [-0.2, 0) is 6.18 Å². The molecule has 0 radical (unpaired) electrons. The maximum absolute atomic E-state index is 12.7. The molecule has 0 heterocycles. The van der Waals surface area contributed by atoms with E-state index in [0.717, 1.165) is 18.9 Å². The molecule has 0 bridgehead atoms. The Kier molecular flexibility index (Phi) is 4.99. The molecule has 5 heteroatoms. The zero-order valence-electron chi connectivity index (χ0n) is 11.4. The zero-order valence-corrected chi connectivity index (χ0v) is 13.0. The fraction of sp³-hybridized carbons (Fsp3) is 0.600. The molecule has 1 saturated carbocycles. The summed E-state index contributed by atoms with van der Waals surface area (Å²) in [5.74, 6) is 0.546. The Bertz CT molecular complexity index is 453. The molecule has 1 fully saturated rings. The van der Waals surface area contributed by atoms with Crippen molar-refractivity contribution >= 4 is 21.6 Å². The van der Waals surface area contributed by atoms with Crippen molar-refractivity contribution < 1.29 is 13.2 Å². The van der Waals surface area contributed by atoms with Crippen molar-refractivity contribution in [3.63, 3.8) is 0 Å². The third kappa shape index (κ3) is 3.90. The molecule has 0 saturated heterocycles. The number of halogens is 4. The normalized spacial score (nSPS) is 18.9. The van der Waals surface area contributed by atoms with Crippen LogP contribution in [0.2, 0.25) is 0 Å². The van der Waals surface area contributed by atoms with Gasteiger partial charge in [-0.15, -0.1) is 0 Å². The summed E-state index contributed by atoms with van der Waals surface area (Å²) >= 11 is 3.32. The average molecular weight is 350 g/mol. The predicted molar refractivity (Wildman–Crippen MR) is 78.8 cm³/mol. The summed E-state index contributed by atoms with van der Waals surface area (Å²) in [5, 5.41) is 3.25. The van der Waals surface area contributed by atoms with Crippen LogP contribution in [0.1, 0.15) is 44.6 Å². The highest BCUT2D eigenvalue weighted by atomic mass is 79.9. The van der Waals surface area contributed by atoms with E-state index in [9.17, 15) is 13.2 Å². The van der Waals surface area contributed by atoms with E-state index in [4.69, 9.17) is 0 Å². The third-order valence-electron chi connectivity index (χ3n) is 4.03. The van der Waals surface area contributed by atoms with E-state index in [1.165, 1.54) is 31.4 Å². The summed E-state index contributed by atoms with van der Waals surface area (Å²) in [5.41, 5.74) is -0.0862. The molecule has 0 aromatic heterocycles. The lowest BCUT2D eigenvalue weighted by Crippen LogP contribution is -2.28. The molecule has 112 valence electrons. The number of anilines is 1. The second kappa shape index (κ2) is 6.37. The summed E-state index contributed by atoms with van der Waals surface area (Å²) in [4.78, 5) is 0. The molecule has 1 aromatic rings. The number of rotatable bonds is 3. The maximum Gasteiger partial charge on any atom is 0.416 e. The van der Waals surface area contributed by atoms with Gasteiger partial charge in [0.2, 0.25) is 0 Å². The van der Waals surface area contributed by atoms with Gasteiger partial charge in [0.1, 0.15) is 0 Å². The van der Waals surface area contributed by atoms with E-state index >= 15 is 0 Å². The van der Waals surface area contributed by atoms with E-state index in [-0.39, 0.29) is 6.04 Å². The van der Waals surface area contributed by atoms with Crippen LogP contribution in [0.25, 0.3) is 0 Å². The van der Waals surface area contributed by atoms with Gasteiger partial charge >= 0.3 is 6.18 Å². The lowest BCUT2D eigenvalue weighted by molar-refractivity contribution is -0.137. The lowest BCUT2D eigenvalue weighted by Gasteiger charge is -2.29. The van der Waals surface area contributed by atoms with Crippen molar-refractivity contribution in [1.29, 1.82) is 0 Å². The molecule has 1 atom stereocenters. The Morgan fingerprint density at radius 1 is 1.20 bits per heavy atom. The van der Waals surface area contributed by atoms with Crippen molar-refractivity contribution in [2.45, 2.75) is 51.2 Å². The lowest BCUT2D eigenvalue weighted by atomic mass is 9.84. The van der Waals surface area contributed by atoms with Crippen LogP contribution in [0.15, 0.2) is 22.7 Å². The van der Waals surface area contributed by atoms with Crippen LogP contribution >= 0.6 is 15.9 Å². The van der Waals surface area contributed by atoms with Gasteiger partial charge in [-0.2, -0.15) is 13.2 Å². The van der Waals surface area contributed by atoms with Crippen LogP contribution in [0, 0.1) is 5.92 Å². The van der Waals surface area contributed by atoms with E-state index in [2.05, 4.69) is 28.2 Å². The van der Waals surface area contributed by atoms with Crippen molar-refractivity contribution in [1.82, 2.24) is 0 Å². The Morgan fingerprint density at radius 3 is 2.45 bits per heavy atom. The third-order valence-corrected chi connectivity index (χ3v) is 4.73. The molecule has 0 amide bonds. The molecule has 1 unspecified atom stereocenters. The van der Waals surface area contributed by atoms with Crippen molar-refractivity contribution in [3.05, 3.63) is 28.2 Å². The molecule has 1 N–H and O–H groups in total. The Labute approximate surface area is 126 Å². The van der Waals surface area contributed by atoms with Crippen molar-refractivity contribution in [2.24, 2.45) is 5.92 Å². The predicted octanol–water partition coefficient (Wildman–Crippen LogP) is 5.85. The first-order chi connectivity index (χ1) is 9.38. The zero-order chi connectivity index (χ0) is 14.8. The molecule has 20 heavy (non-hydrogen) atoms. The molecule has 2 rings (SSSR count). The van der Waals surface area contributed by atoms with E-state index in [1.54, 1.807) is 0 Å². The first-order valence-corrected chi connectivity index (χ1v) is 7.80. The topological polar surface area (TPSA) is 12.0 Å². The first-order valence-electron chi connectivity index (χ1n) is 7.01. The van der Waals surface area contributed by atoms with Gasteiger partial charge in [0.15, 0.2) is 0 Å². The van der Waals surface area contributed by atoms with Crippen molar-refractivity contribution in [2.75, 3.05) is 5.32 Å². The molecular formula is C15H19BrF3N. The van der Waals surface area contributed by atoms with Gasteiger partial charge in [0, 0.05) is 16.2 Å². The van der Waals surface area contributed by atoms with Gasteiger partial charge < -0.3 is 5.32 Å². The maximum atomic E-state index is 12.7. The number of alkyl halides is 3. The summed E-state index contributed by atoms with van der Waals surface area (Å²) in [7, 11) is 0. The highest BCUT2D eigenvalue weighted by Crippen LogP contribution is 2.35. The minimum Gasteiger partial charge on any atom is -0.381 e. The van der Waals surface area contributed by atoms with Crippen LogP contribution < -0.4 is 5.32 Å². The van der Waals surface area contributed by atoms with Gasteiger partial charge in [-0.25, -0.2) is 0 Å². The number of nitrogens with one attached hydrogen (secondary N) is 1. The summed E-state index contributed by atoms with van der Waals surface area (Å²) in [6.45, 7) is 2.06. The molecule has 1 aliphatic carbocycles. The minimum absolute atomic E-state index is 0.190.